The van der Waals surface area contributed by atoms with Gasteiger partial charge in [-0.1, -0.05) is 24.6 Å². The smallest absolute Gasteiger partial charge is 0.136 e. The zero-order valence-corrected chi connectivity index (χ0v) is 10.1. The van der Waals surface area contributed by atoms with E-state index in [1.165, 1.54) is 25.7 Å². The van der Waals surface area contributed by atoms with Gasteiger partial charge in [0.05, 0.1) is 0 Å². The van der Waals surface area contributed by atoms with E-state index in [9.17, 15) is 4.79 Å². The van der Waals surface area contributed by atoms with Crippen LogP contribution in [-0.2, 0) is 4.79 Å². The number of ketones is 1. The summed E-state index contributed by atoms with van der Waals surface area (Å²) in [5.41, 5.74) is 0.340. The van der Waals surface area contributed by atoms with Crippen LogP contribution in [0.4, 0.5) is 0 Å². The van der Waals surface area contributed by atoms with E-state index in [0.717, 1.165) is 19.3 Å². The highest BCUT2D eigenvalue weighted by molar-refractivity contribution is 5.82. The molecule has 2 unspecified atom stereocenters. The molecule has 88 valence electrons. The van der Waals surface area contributed by atoms with Crippen molar-refractivity contribution in [1.29, 1.82) is 0 Å². The minimum atomic E-state index is 0.340. The first kappa shape index (κ1) is 11.6. The van der Waals surface area contributed by atoms with Gasteiger partial charge < -0.3 is 0 Å². The largest absolute Gasteiger partial charge is 0.299 e. The van der Waals surface area contributed by atoms with Crippen LogP contribution in [0.25, 0.3) is 0 Å². The lowest BCUT2D eigenvalue weighted by Gasteiger charge is -2.36. The third kappa shape index (κ3) is 2.14. The van der Waals surface area contributed by atoms with E-state index in [4.69, 9.17) is 0 Å². The molecule has 0 aliphatic heterocycles. The highest BCUT2D eigenvalue weighted by Crippen LogP contribution is 2.51. The number of Topliss-reactive ketones (excluding diaryl/α,β-unsaturated/α-hetero) is 1. The topological polar surface area (TPSA) is 17.1 Å². The minimum Gasteiger partial charge on any atom is -0.299 e. The van der Waals surface area contributed by atoms with Crippen molar-refractivity contribution in [3.8, 4) is 0 Å². The Bertz CT molecular complexity index is 303. The number of rotatable bonds is 4. The van der Waals surface area contributed by atoms with Crippen LogP contribution in [0, 0.1) is 11.3 Å². The van der Waals surface area contributed by atoms with Crippen LogP contribution in [0.2, 0.25) is 0 Å². The molecule has 0 amide bonds. The molecule has 1 heteroatoms. The molecule has 0 aromatic rings. The molecule has 0 saturated heterocycles. The first-order valence-corrected chi connectivity index (χ1v) is 6.57. The van der Waals surface area contributed by atoms with Gasteiger partial charge in [-0.05, 0) is 43.9 Å². The summed E-state index contributed by atoms with van der Waals surface area (Å²) in [6.45, 7) is 3.70. The fourth-order valence-corrected chi connectivity index (χ4v) is 3.51. The van der Waals surface area contributed by atoms with Crippen molar-refractivity contribution in [1.82, 2.24) is 0 Å². The van der Waals surface area contributed by atoms with Crippen molar-refractivity contribution in [2.75, 3.05) is 0 Å². The van der Waals surface area contributed by atoms with Crippen molar-refractivity contribution in [2.24, 2.45) is 11.3 Å². The molecule has 2 aliphatic rings. The van der Waals surface area contributed by atoms with Gasteiger partial charge in [0.1, 0.15) is 5.78 Å². The van der Waals surface area contributed by atoms with Gasteiger partial charge in [0.2, 0.25) is 0 Å². The number of allylic oxidation sites excluding steroid dienone is 3. The molecule has 0 N–H and O–H groups in total. The Morgan fingerprint density at radius 3 is 3.00 bits per heavy atom. The molecule has 1 nitrogen and oxygen atoms in total. The Morgan fingerprint density at radius 1 is 1.44 bits per heavy atom. The molecular weight excluding hydrogens is 196 g/mol. The maximum Gasteiger partial charge on any atom is 0.136 e. The van der Waals surface area contributed by atoms with Gasteiger partial charge in [0.15, 0.2) is 0 Å². The number of hydrogen-bond donors (Lipinski definition) is 0. The van der Waals surface area contributed by atoms with Gasteiger partial charge in [-0.3, -0.25) is 4.79 Å². The molecule has 2 aliphatic carbocycles. The van der Waals surface area contributed by atoms with Crippen LogP contribution < -0.4 is 0 Å². The van der Waals surface area contributed by atoms with Crippen LogP contribution >= 0.6 is 0 Å². The van der Waals surface area contributed by atoms with Gasteiger partial charge >= 0.3 is 0 Å². The normalized spacial score (nSPS) is 33.1. The third-order valence-electron chi connectivity index (χ3n) is 4.39. The monoisotopic (exact) mass is 218 g/mol. The highest BCUT2D eigenvalue weighted by atomic mass is 16.1. The van der Waals surface area contributed by atoms with Crippen LogP contribution in [0.15, 0.2) is 24.8 Å². The van der Waals surface area contributed by atoms with E-state index in [2.05, 4.69) is 18.7 Å². The van der Waals surface area contributed by atoms with E-state index in [1.807, 2.05) is 6.08 Å². The SMILES string of the molecule is C=CCCC(=O)C1CCCC12CC=CCC2. The van der Waals surface area contributed by atoms with E-state index < -0.39 is 0 Å². The standard InChI is InChI=1S/C15H22O/c1-2-3-9-14(16)13-8-7-12-15(13)10-5-4-6-11-15/h2,4-5,13H,1,3,6-12H2. The van der Waals surface area contributed by atoms with Crippen LogP contribution in [0.5, 0.6) is 0 Å². The van der Waals surface area contributed by atoms with Crippen molar-refractivity contribution >= 4 is 5.78 Å². The molecule has 1 saturated carbocycles. The molecular formula is C15H22O. The van der Waals surface area contributed by atoms with Gasteiger partial charge in [-0.25, -0.2) is 0 Å². The first-order chi connectivity index (χ1) is 7.78. The zero-order chi connectivity index (χ0) is 11.4. The molecule has 0 bridgehead atoms. The molecule has 1 fully saturated rings. The second-order valence-corrected chi connectivity index (χ2v) is 5.32. The van der Waals surface area contributed by atoms with E-state index in [0.29, 0.717) is 23.5 Å². The molecule has 16 heavy (non-hydrogen) atoms. The number of hydrogen-bond acceptors (Lipinski definition) is 1. The zero-order valence-electron chi connectivity index (χ0n) is 10.1. The van der Waals surface area contributed by atoms with E-state index >= 15 is 0 Å². The van der Waals surface area contributed by atoms with Crippen molar-refractivity contribution in [3.63, 3.8) is 0 Å². The summed E-state index contributed by atoms with van der Waals surface area (Å²) in [4.78, 5) is 12.2. The molecule has 0 radical (unpaired) electrons. The van der Waals surface area contributed by atoms with E-state index in [-0.39, 0.29) is 0 Å². The maximum atomic E-state index is 12.2. The van der Waals surface area contributed by atoms with Crippen molar-refractivity contribution in [3.05, 3.63) is 24.8 Å². The van der Waals surface area contributed by atoms with E-state index in [1.54, 1.807) is 0 Å². The quantitative estimate of drug-likeness (QED) is 0.651. The average Bonchev–Trinajstić information content (AvgIpc) is 2.70. The predicted molar refractivity (Wildman–Crippen MR) is 67.2 cm³/mol. The second-order valence-electron chi connectivity index (χ2n) is 5.32. The summed E-state index contributed by atoms with van der Waals surface area (Å²) in [6, 6.07) is 0. The summed E-state index contributed by atoms with van der Waals surface area (Å²) >= 11 is 0. The third-order valence-corrected chi connectivity index (χ3v) is 4.39. The summed E-state index contributed by atoms with van der Waals surface area (Å²) in [6.07, 6.45) is 15.2. The number of carbonyl (C=O) groups is 1. The lowest BCUT2D eigenvalue weighted by molar-refractivity contribution is -0.126. The van der Waals surface area contributed by atoms with Gasteiger partial charge in [0, 0.05) is 12.3 Å². The lowest BCUT2D eigenvalue weighted by Crippen LogP contribution is -2.32. The first-order valence-electron chi connectivity index (χ1n) is 6.57. The lowest BCUT2D eigenvalue weighted by atomic mass is 9.68. The van der Waals surface area contributed by atoms with Crippen LogP contribution in [0.1, 0.15) is 51.4 Å². The van der Waals surface area contributed by atoms with Gasteiger partial charge in [0.25, 0.3) is 0 Å². The molecule has 1 spiro atoms. The van der Waals surface area contributed by atoms with Gasteiger partial charge in [-0.2, -0.15) is 0 Å². The fraction of sp³-hybridized carbons (Fsp3) is 0.667. The average molecular weight is 218 g/mol. The molecule has 0 aromatic carbocycles. The Hall–Kier alpha value is -0.850. The number of carbonyl (C=O) groups excluding carboxylic acids is 1. The minimum absolute atomic E-state index is 0.340. The van der Waals surface area contributed by atoms with Crippen molar-refractivity contribution < 1.29 is 4.79 Å². The van der Waals surface area contributed by atoms with Gasteiger partial charge in [-0.15, -0.1) is 6.58 Å². The Balaban J connectivity index is 2.05. The van der Waals surface area contributed by atoms with Crippen molar-refractivity contribution in [2.45, 2.75) is 51.4 Å². The molecule has 0 aromatic heterocycles. The second kappa shape index (κ2) is 4.99. The Labute approximate surface area is 98.6 Å². The molecule has 2 rings (SSSR count). The summed E-state index contributed by atoms with van der Waals surface area (Å²) in [7, 11) is 0. The Morgan fingerprint density at radius 2 is 2.31 bits per heavy atom. The molecule has 2 atom stereocenters. The summed E-state index contributed by atoms with van der Waals surface area (Å²) in [5, 5.41) is 0. The fourth-order valence-electron chi connectivity index (χ4n) is 3.51. The Kier molecular flexibility index (Phi) is 3.63. The highest BCUT2D eigenvalue weighted by Gasteiger charge is 2.45. The maximum absolute atomic E-state index is 12.2. The summed E-state index contributed by atoms with van der Waals surface area (Å²) in [5.74, 6) is 0.838. The predicted octanol–water partition coefficient (Wildman–Crippen LogP) is 4.05. The summed E-state index contributed by atoms with van der Waals surface area (Å²) < 4.78 is 0. The van der Waals surface area contributed by atoms with Crippen LogP contribution in [-0.4, -0.2) is 5.78 Å². The molecule has 0 heterocycles. The van der Waals surface area contributed by atoms with Crippen LogP contribution in [0.3, 0.4) is 0 Å².